The fraction of sp³-hybridized carbons (Fsp3) is 0.625. The molecule has 0 saturated heterocycles. The Morgan fingerprint density at radius 3 is 2.52 bits per heavy atom. The van der Waals surface area contributed by atoms with Gasteiger partial charge in [-0.15, -0.1) is 0 Å². The van der Waals surface area contributed by atoms with Gasteiger partial charge in [0.25, 0.3) is 5.91 Å². The minimum Gasteiger partial charge on any atom is -0.391 e. The Hall–Kier alpha value is -1.13. The zero-order valence-corrected chi connectivity index (χ0v) is 14.2. The van der Waals surface area contributed by atoms with E-state index in [1.54, 1.807) is 12.1 Å². The summed E-state index contributed by atoms with van der Waals surface area (Å²) in [6, 6.07) is 3.29. The van der Waals surface area contributed by atoms with E-state index >= 15 is 0 Å². The molecule has 21 heavy (non-hydrogen) atoms. The van der Waals surface area contributed by atoms with Crippen molar-refractivity contribution in [1.82, 2.24) is 10.3 Å². The van der Waals surface area contributed by atoms with Crippen LogP contribution in [0.25, 0.3) is 0 Å². The van der Waals surface area contributed by atoms with Gasteiger partial charge < -0.3 is 10.4 Å². The largest absolute Gasteiger partial charge is 0.391 e. The first-order valence-electron chi connectivity index (χ1n) is 7.24. The van der Waals surface area contributed by atoms with E-state index in [1.165, 1.54) is 0 Å². The van der Waals surface area contributed by atoms with Crippen molar-refractivity contribution in [2.75, 3.05) is 6.54 Å². The highest BCUT2D eigenvalue weighted by molar-refractivity contribution is 6.29. The second-order valence-electron chi connectivity index (χ2n) is 6.81. The third kappa shape index (κ3) is 6.02. The fourth-order valence-corrected chi connectivity index (χ4v) is 2.16. The van der Waals surface area contributed by atoms with Crippen molar-refractivity contribution in [2.24, 2.45) is 5.92 Å². The molecule has 1 unspecified atom stereocenters. The first-order valence-corrected chi connectivity index (χ1v) is 7.61. The van der Waals surface area contributed by atoms with Crippen LogP contribution in [0.3, 0.4) is 0 Å². The van der Waals surface area contributed by atoms with E-state index in [0.29, 0.717) is 23.1 Å². The lowest BCUT2D eigenvalue weighted by atomic mass is 9.91. The van der Waals surface area contributed by atoms with Gasteiger partial charge in [0.15, 0.2) is 0 Å². The van der Waals surface area contributed by atoms with Crippen molar-refractivity contribution in [3.05, 3.63) is 28.5 Å². The van der Waals surface area contributed by atoms with Crippen molar-refractivity contribution in [1.29, 1.82) is 0 Å². The number of aliphatic hydroxyl groups excluding tert-OH is 1. The number of nitrogens with zero attached hydrogens (tertiary/aromatic N) is 1. The standard InChI is InChI=1S/C16H25ClN2O2/c1-10(2)6-12(20)9-18-15(21)11-7-13(16(3,4)5)19-14(17)8-11/h7-8,10,12,20H,6,9H2,1-5H3,(H,18,21). The van der Waals surface area contributed by atoms with Crippen LogP contribution in [0.5, 0.6) is 0 Å². The molecule has 0 radical (unpaired) electrons. The maximum absolute atomic E-state index is 12.2. The average molecular weight is 313 g/mol. The van der Waals surface area contributed by atoms with Crippen LogP contribution < -0.4 is 5.32 Å². The molecule has 1 rings (SSSR count). The lowest BCUT2D eigenvalue weighted by Crippen LogP contribution is -2.33. The van der Waals surface area contributed by atoms with Gasteiger partial charge in [-0.3, -0.25) is 4.79 Å². The lowest BCUT2D eigenvalue weighted by molar-refractivity contribution is 0.0900. The molecule has 5 heteroatoms. The minimum atomic E-state index is -0.534. The Labute approximate surface area is 131 Å². The summed E-state index contributed by atoms with van der Waals surface area (Å²) in [5, 5.41) is 12.8. The van der Waals surface area contributed by atoms with Crippen molar-refractivity contribution in [2.45, 2.75) is 52.6 Å². The van der Waals surface area contributed by atoms with Crippen molar-refractivity contribution < 1.29 is 9.90 Å². The number of amides is 1. The van der Waals surface area contributed by atoms with Crippen molar-refractivity contribution >= 4 is 17.5 Å². The molecule has 1 amide bonds. The molecule has 0 aliphatic heterocycles. The summed E-state index contributed by atoms with van der Waals surface area (Å²) < 4.78 is 0. The highest BCUT2D eigenvalue weighted by atomic mass is 35.5. The monoisotopic (exact) mass is 312 g/mol. The fourth-order valence-electron chi connectivity index (χ4n) is 1.95. The van der Waals surface area contributed by atoms with Gasteiger partial charge in [-0.2, -0.15) is 0 Å². The Kier molecular flexibility index (Phi) is 6.17. The minimum absolute atomic E-state index is 0.183. The molecule has 1 atom stereocenters. The van der Waals surface area contributed by atoms with Gasteiger partial charge in [0.05, 0.1) is 6.10 Å². The number of carbonyl (C=O) groups excluding carboxylic acids is 1. The number of aromatic nitrogens is 1. The van der Waals surface area contributed by atoms with Crippen LogP contribution >= 0.6 is 11.6 Å². The highest BCUT2D eigenvalue weighted by Crippen LogP contribution is 2.23. The van der Waals surface area contributed by atoms with Gasteiger partial charge in [0.1, 0.15) is 5.15 Å². The smallest absolute Gasteiger partial charge is 0.251 e. The van der Waals surface area contributed by atoms with Gasteiger partial charge in [-0.25, -0.2) is 4.98 Å². The SMILES string of the molecule is CC(C)CC(O)CNC(=O)c1cc(Cl)nc(C(C)(C)C)c1. The number of rotatable bonds is 5. The molecule has 2 N–H and O–H groups in total. The predicted octanol–water partition coefficient (Wildman–Crippen LogP) is 3.17. The van der Waals surface area contributed by atoms with Crippen LogP contribution in [0.4, 0.5) is 0 Å². The van der Waals surface area contributed by atoms with Crippen LogP contribution in [-0.4, -0.2) is 28.6 Å². The zero-order chi connectivity index (χ0) is 16.2. The lowest BCUT2D eigenvalue weighted by Gasteiger charge is -2.19. The first-order chi connectivity index (χ1) is 9.59. The summed E-state index contributed by atoms with van der Waals surface area (Å²) in [6.45, 7) is 10.3. The second-order valence-corrected chi connectivity index (χ2v) is 7.19. The Morgan fingerprint density at radius 2 is 2.00 bits per heavy atom. The molecule has 0 aliphatic carbocycles. The average Bonchev–Trinajstić information content (AvgIpc) is 2.33. The van der Waals surface area contributed by atoms with Crippen LogP contribution in [0.1, 0.15) is 57.1 Å². The van der Waals surface area contributed by atoms with Crippen LogP contribution in [0.15, 0.2) is 12.1 Å². The first kappa shape index (κ1) is 17.9. The maximum Gasteiger partial charge on any atom is 0.251 e. The number of aliphatic hydroxyl groups is 1. The summed E-state index contributed by atoms with van der Waals surface area (Å²) in [6.07, 6.45) is 0.123. The number of halogens is 1. The third-order valence-corrected chi connectivity index (χ3v) is 3.26. The molecule has 1 heterocycles. The Bertz CT molecular complexity index is 496. The van der Waals surface area contributed by atoms with E-state index in [2.05, 4.69) is 10.3 Å². The van der Waals surface area contributed by atoms with Crippen LogP contribution in [0.2, 0.25) is 5.15 Å². The summed E-state index contributed by atoms with van der Waals surface area (Å²) in [4.78, 5) is 16.4. The molecule has 0 aliphatic rings. The molecule has 0 saturated carbocycles. The maximum atomic E-state index is 12.2. The molecular weight excluding hydrogens is 288 g/mol. The van der Waals surface area contributed by atoms with E-state index in [4.69, 9.17) is 11.6 Å². The molecule has 0 fully saturated rings. The summed E-state index contributed by atoms with van der Waals surface area (Å²) in [5.74, 6) is 0.146. The van der Waals surface area contributed by atoms with Crippen molar-refractivity contribution in [3.63, 3.8) is 0 Å². The molecule has 4 nitrogen and oxygen atoms in total. The van der Waals surface area contributed by atoms with Gasteiger partial charge >= 0.3 is 0 Å². The summed E-state index contributed by atoms with van der Waals surface area (Å²) in [5.41, 5.74) is 1.05. The van der Waals surface area contributed by atoms with E-state index < -0.39 is 6.10 Å². The second kappa shape index (κ2) is 7.23. The van der Waals surface area contributed by atoms with Crippen LogP contribution in [-0.2, 0) is 5.41 Å². The van der Waals surface area contributed by atoms with E-state index in [0.717, 1.165) is 5.69 Å². The zero-order valence-electron chi connectivity index (χ0n) is 13.4. The molecule has 0 bridgehead atoms. The topological polar surface area (TPSA) is 62.2 Å². The van der Waals surface area contributed by atoms with E-state index in [1.807, 2.05) is 34.6 Å². The van der Waals surface area contributed by atoms with Gasteiger partial charge in [0, 0.05) is 23.2 Å². The van der Waals surface area contributed by atoms with Gasteiger partial charge in [0.2, 0.25) is 0 Å². The van der Waals surface area contributed by atoms with E-state index in [-0.39, 0.29) is 17.9 Å². The normalized spacial score (nSPS) is 13.3. The molecule has 118 valence electrons. The molecule has 1 aromatic rings. The van der Waals surface area contributed by atoms with Crippen LogP contribution in [0, 0.1) is 5.92 Å². The molecule has 0 aromatic carbocycles. The Balaban J connectivity index is 2.77. The number of nitrogens with one attached hydrogen (secondary N) is 1. The summed E-state index contributed by atoms with van der Waals surface area (Å²) in [7, 11) is 0. The number of carbonyl (C=O) groups is 1. The molecular formula is C16H25ClN2O2. The molecule has 1 aromatic heterocycles. The number of hydrogen-bond acceptors (Lipinski definition) is 3. The predicted molar refractivity (Wildman–Crippen MR) is 85.7 cm³/mol. The number of pyridine rings is 1. The van der Waals surface area contributed by atoms with Gasteiger partial charge in [-0.05, 0) is 24.5 Å². The quantitative estimate of drug-likeness (QED) is 0.821. The number of hydrogen-bond donors (Lipinski definition) is 2. The van der Waals surface area contributed by atoms with E-state index in [9.17, 15) is 9.90 Å². The molecule has 0 spiro atoms. The van der Waals surface area contributed by atoms with Crippen molar-refractivity contribution in [3.8, 4) is 0 Å². The third-order valence-electron chi connectivity index (χ3n) is 3.07. The van der Waals surface area contributed by atoms with Gasteiger partial charge in [-0.1, -0.05) is 46.2 Å². The highest BCUT2D eigenvalue weighted by Gasteiger charge is 2.19. The summed E-state index contributed by atoms with van der Waals surface area (Å²) >= 11 is 5.99. The Morgan fingerprint density at radius 1 is 1.38 bits per heavy atom.